The van der Waals surface area contributed by atoms with Crippen LogP contribution in [0, 0.1) is 17.0 Å². The molecule has 0 saturated heterocycles. The lowest BCUT2D eigenvalue weighted by Gasteiger charge is -2.28. The number of nitrogens with one attached hydrogen (secondary N) is 1. The number of ketones is 1. The van der Waals surface area contributed by atoms with E-state index in [9.17, 15) is 13.6 Å². The number of fused-ring (bicyclic) bond motifs is 1. The molecule has 0 fully saturated rings. The van der Waals surface area contributed by atoms with Crippen molar-refractivity contribution in [1.29, 1.82) is 0 Å². The molecule has 1 aliphatic rings. The van der Waals surface area contributed by atoms with Gasteiger partial charge in [-0.2, -0.15) is 0 Å². The molecule has 0 unspecified atom stereocenters. The van der Waals surface area contributed by atoms with E-state index in [1.54, 1.807) is 18.5 Å². The van der Waals surface area contributed by atoms with E-state index in [0.717, 1.165) is 35.0 Å². The van der Waals surface area contributed by atoms with E-state index in [-0.39, 0.29) is 11.2 Å². The molecule has 3 nitrogen and oxygen atoms in total. The maximum absolute atomic E-state index is 13.7. The highest BCUT2D eigenvalue weighted by molar-refractivity contribution is 6.02. The SMILES string of the molecule is CC1(C)CC(=O)c2c([nH]c(-c3ccncc3)c2Cc2ccc(F)c(F)c2)C1. The molecule has 0 atom stereocenters. The largest absolute Gasteiger partial charge is 0.358 e. The average molecular weight is 366 g/mol. The van der Waals surface area contributed by atoms with Gasteiger partial charge in [0.15, 0.2) is 17.4 Å². The fraction of sp³-hybridized carbons (Fsp3) is 0.273. The van der Waals surface area contributed by atoms with Crippen molar-refractivity contribution < 1.29 is 13.6 Å². The normalized spacial score (nSPS) is 15.6. The predicted octanol–water partition coefficient (Wildman–Crippen LogP) is 5.10. The number of aromatic amines is 1. The minimum Gasteiger partial charge on any atom is -0.358 e. The molecule has 2 heterocycles. The van der Waals surface area contributed by atoms with Gasteiger partial charge >= 0.3 is 0 Å². The summed E-state index contributed by atoms with van der Waals surface area (Å²) in [5.74, 6) is -1.66. The first-order chi connectivity index (χ1) is 12.8. The van der Waals surface area contributed by atoms with E-state index >= 15 is 0 Å². The van der Waals surface area contributed by atoms with E-state index in [2.05, 4.69) is 23.8 Å². The van der Waals surface area contributed by atoms with E-state index in [0.29, 0.717) is 24.0 Å². The Kier molecular flexibility index (Phi) is 4.17. The zero-order valence-electron chi connectivity index (χ0n) is 15.3. The number of halogens is 2. The summed E-state index contributed by atoms with van der Waals surface area (Å²) in [6, 6.07) is 7.64. The molecule has 1 aromatic carbocycles. The molecule has 0 saturated carbocycles. The standard InChI is InChI=1S/C22H20F2N2O/c1-22(2)11-18-20(19(27)12-22)15(9-13-3-4-16(23)17(24)10-13)21(26-18)14-5-7-25-8-6-14/h3-8,10,26H,9,11-12H2,1-2H3. The number of hydrogen-bond donors (Lipinski definition) is 1. The average Bonchev–Trinajstić information content (AvgIpc) is 2.96. The predicted molar refractivity (Wildman–Crippen MR) is 99.6 cm³/mol. The molecule has 27 heavy (non-hydrogen) atoms. The van der Waals surface area contributed by atoms with Crippen LogP contribution in [0.15, 0.2) is 42.7 Å². The number of aromatic nitrogens is 2. The molecule has 0 bridgehead atoms. The molecule has 2 aromatic heterocycles. The highest BCUT2D eigenvalue weighted by Crippen LogP contribution is 2.40. The number of carbonyl (C=O) groups excluding carboxylic acids is 1. The van der Waals surface area contributed by atoms with E-state index in [1.807, 2.05) is 12.1 Å². The zero-order chi connectivity index (χ0) is 19.2. The molecule has 0 radical (unpaired) electrons. The van der Waals surface area contributed by atoms with Gasteiger partial charge in [0.1, 0.15) is 0 Å². The monoisotopic (exact) mass is 366 g/mol. The van der Waals surface area contributed by atoms with Crippen LogP contribution in [0.4, 0.5) is 8.78 Å². The molecule has 0 spiro atoms. The maximum Gasteiger partial charge on any atom is 0.165 e. The van der Waals surface area contributed by atoms with E-state index < -0.39 is 11.6 Å². The summed E-state index contributed by atoms with van der Waals surface area (Å²) in [5, 5.41) is 0. The Bertz CT molecular complexity index is 1020. The van der Waals surface area contributed by atoms with Crippen LogP contribution in [0.3, 0.4) is 0 Å². The summed E-state index contributed by atoms with van der Waals surface area (Å²) in [7, 11) is 0. The van der Waals surface area contributed by atoms with Crippen molar-refractivity contribution in [1.82, 2.24) is 9.97 Å². The fourth-order valence-electron chi connectivity index (χ4n) is 3.92. The van der Waals surface area contributed by atoms with Crippen molar-refractivity contribution in [2.24, 2.45) is 5.41 Å². The van der Waals surface area contributed by atoms with Gasteiger partial charge < -0.3 is 4.98 Å². The molecule has 0 aliphatic heterocycles. The molecular formula is C22H20F2N2O. The Balaban J connectivity index is 1.87. The Labute approximate surface area is 156 Å². The van der Waals surface area contributed by atoms with Crippen LogP contribution >= 0.6 is 0 Å². The number of nitrogens with zero attached hydrogens (tertiary/aromatic N) is 1. The number of pyridine rings is 1. The Hall–Kier alpha value is -2.82. The van der Waals surface area contributed by atoms with Crippen molar-refractivity contribution in [3.8, 4) is 11.3 Å². The zero-order valence-corrected chi connectivity index (χ0v) is 15.3. The quantitative estimate of drug-likeness (QED) is 0.701. The van der Waals surface area contributed by atoms with Crippen LogP contribution in [-0.2, 0) is 12.8 Å². The van der Waals surface area contributed by atoms with Gasteiger partial charge in [-0.3, -0.25) is 9.78 Å². The van der Waals surface area contributed by atoms with E-state index in [1.165, 1.54) is 6.07 Å². The van der Waals surface area contributed by atoms with Gasteiger partial charge in [-0.25, -0.2) is 8.78 Å². The summed E-state index contributed by atoms with van der Waals surface area (Å²) in [6.07, 6.45) is 4.99. The molecule has 4 rings (SSSR count). The number of H-pyrrole nitrogens is 1. The summed E-state index contributed by atoms with van der Waals surface area (Å²) in [6.45, 7) is 4.16. The first-order valence-electron chi connectivity index (χ1n) is 8.95. The van der Waals surface area contributed by atoms with Gasteiger partial charge in [-0.15, -0.1) is 0 Å². The molecule has 5 heteroatoms. The van der Waals surface area contributed by atoms with Crippen molar-refractivity contribution >= 4 is 5.78 Å². The third-order valence-corrected chi connectivity index (χ3v) is 5.09. The Morgan fingerprint density at radius 1 is 1.07 bits per heavy atom. The van der Waals surface area contributed by atoms with Gasteiger partial charge in [-0.05, 0) is 47.2 Å². The van der Waals surface area contributed by atoms with Crippen LogP contribution < -0.4 is 0 Å². The van der Waals surface area contributed by atoms with E-state index in [4.69, 9.17) is 0 Å². The number of hydrogen-bond acceptors (Lipinski definition) is 2. The second-order valence-electron chi connectivity index (χ2n) is 7.93. The topological polar surface area (TPSA) is 45.8 Å². The molecule has 3 aromatic rings. The maximum atomic E-state index is 13.7. The molecule has 0 amide bonds. The van der Waals surface area contributed by atoms with Gasteiger partial charge in [-0.1, -0.05) is 19.9 Å². The molecule has 138 valence electrons. The lowest BCUT2D eigenvalue weighted by molar-refractivity contribution is 0.0911. The smallest absolute Gasteiger partial charge is 0.165 e. The number of Topliss-reactive ketones (excluding diaryl/α,β-unsaturated/α-hetero) is 1. The highest BCUT2D eigenvalue weighted by atomic mass is 19.2. The van der Waals surface area contributed by atoms with Crippen LogP contribution in [0.1, 0.15) is 47.4 Å². The van der Waals surface area contributed by atoms with Crippen molar-refractivity contribution in [2.45, 2.75) is 33.1 Å². The van der Waals surface area contributed by atoms with Gasteiger partial charge in [0, 0.05) is 42.1 Å². The number of rotatable bonds is 3. The highest BCUT2D eigenvalue weighted by Gasteiger charge is 2.35. The second kappa shape index (κ2) is 6.41. The van der Waals surface area contributed by atoms with Crippen molar-refractivity contribution in [3.05, 3.63) is 76.7 Å². The Morgan fingerprint density at radius 2 is 1.81 bits per heavy atom. The lowest BCUT2D eigenvalue weighted by Crippen LogP contribution is -2.27. The first kappa shape index (κ1) is 17.6. The second-order valence-corrected chi connectivity index (χ2v) is 7.93. The van der Waals surface area contributed by atoms with Gasteiger partial charge in [0.25, 0.3) is 0 Å². The third kappa shape index (κ3) is 3.29. The molecular weight excluding hydrogens is 346 g/mol. The first-order valence-corrected chi connectivity index (χ1v) is 8.95. The summed E-state index contributed by atoms with van der Waals surface area (Å²) in [4.78, 5) is 20.4. The Morgan fingerprint density at radius 3 is 2.52 bits per heavy atom. The number of carbonyl (C=O) groups is 1. The van der Waals surface area contributed by atoms with Crippen LogP contribution in [-0.4, -0.2) is 15.8 Å². The van der Waals surface area contributed by atoms with Gasteiger partial charge in [0.05, 0.1) is 5.69 Å². The van der Waals surface area contributed by atoms with Crippen molar-refractivity contribution in [2.75, 3.05) is 0 Å². The van der Waals surface area contributed by atoms with Crippen LogP contribution in [0.5, 0.6) is 0 Å². The number of benzene rings is 1. The third-order valence-electron chi connectivity index (χ3n) is 5.09. The minimum atomic E-state index is -0.880. The molecule has 1 N–H and O–H groups in total. The summed E-state index contributed by atoms with van der Waals surface area (Å²) in [5.41, 5.74) is 4.74. The van der Waals surface area contributed by atoms with Crippen LogP contribution in [0.2, 0.25) is 0 Å². The lowest BCUT2D eigenvalue weighted by atomic mass is 9.75. The summed E-state index contributed by atoms with van der Waals surface area (Å²) < 4.78 is 27.0. The fourth-order valence-corrected chi connectivity index (χ4v) is 3.92. The summed E-state index contributed by atoms with van der Waals surface area (Å²) >= 11 is 0. The van der Waals surface area contributed by atoms with Gasteiger partial charge in [0.2, 0.25) is 0 Å². The van der Waals surface area contributed by atoms with Crippen molar-refractivity contribution in [3.63, 3.8) is 0 Å². The molecule has 1 aliphatic carbocycles. The minimum absolute atomic E-state index is 0.0930. The van der Waals surface area contributed by atoms with Crippen LogP contribution in [0.25, 0.3) is 11.3 Å².